The zero-order chi connectivity index (χ0) is 29.0. The fraction of sp³-hybridized carbons (Fsp3) is 0.455. The second-order valence-corrected chi connectivity index (χ2v) is 10.5. The lowest BCUT2D eigenvalue weighted by atomic mass is 9.76. The zero-order valence-corrected chi connectivity index (χ0v) is 25.0. The molecule has 1 aromatic rings. The first kappa shape index (κ1) is 32.5. The Morgan fingerprint density at radius 3 is 2.41 bits per heavy atom. The molecule has 3 rings (SSSR count). The van der Waals surface area contributed by atoms with E-state index >= 15 is 0 Å². The van der Waals surface area contributed by atoms with Gasteiger partial charge in [-0.15, -0.1) is 5.73 Å². The van der Waals surface area contributed by atoms with Crippen LogP contribution in [0.25, 0.3) is 0 Å². The van der Waals surface area contributed by atoms with Crippen LogP contribution in [0.1, 0.15) is 84.0 Å². The van der Waals surface area contributed by atoms with E-state index in [1.54, 1.807) is 12.2 Å². The van der Waals surface area contributed by atoms with Gasteiger partial charge in [-0.05, 0) is 82.4 Å². The van der Waals surface area contributed by atoms with Crippen molar-refractivity contribution in [2.24, 2.45) is 5.41 Å². The van der Waals surface area contributed by atoms with E-state index in [1.807, 2.05) is 19.9 Å². The largest absolute Gasteiger partial charge is 0.314 e. The van der Waals surface area contributed by atoms with Gasteiger partial charge in [0.2, 0.25) is 0 Å². The van der Waals surface area contributed by atoms with E-state index in [0.29, 0.717) is 23.3 Å². The second kappa shape index (κ2) is 15.8. The van der Waals surface area contributed by atoms with E-state index < -0.39 is 23.1 Å². The van der Waals surface area contributed by atoms with E-state index in [9.17, 15) is 13.6 Å². The Morgan fingerprint density at radius 1 is 1.15 bits per heavy atom. The highest BCUT2D eigenvalue weighted by Crippen LogP contribution is 2.47. The smallest absolute Gasteiger partial charge is 0.264 e. The van der Waals surface area contributed by atoms with Crippen LogP contribution >= 0.6 is 11.6 Å². The van der Waals surface area contributed by atoms with Crippen molar-refractivity contribution in [2.75, 3.05) is 13.1 Å². The number of halogens is 3. The Hall–Kier alpha value is -2.72. The van der Waals surface area contributed by atoms with Crippen molar-refractivity contribution < 1.29 is 13.6 Å². The lowest BCUT2D eigenvalue weighted by molar-refractivity contribution is 0.0780. The molecular formula is C33H43ClF2N2O. The minimum absolute atomic E-state index is 0.302. The first-order valence-electron chi connectivity index (χ1n) is 14.0. The van der Waals surface area contributed by atoms with Crippen LogP contribution < -0.4 is 5.32 Å². The summed E-state index contributed by atoms with van der Waals surface area (Å²) in [6.45, 7) is 14.3. The third-order valence-electron chi connectivity index (χ3n) is 7.28. The van der Waals surface area contributed by atoms with Crippen molar-refractivity contribution in [3.8, 4) is 0 Å². The van der Waals surface area contributed by atoms with E-state index in [1.165, 1.54) is 16.5 Å². The number of amides is 1. The molecule has 0 aromatic heterocycles. The average molecular weight is 557 g/mol. The number of allylic oxidation sites excluding steroid dienone is 6. The Morgan fingerprint density at radius 2 is 1.82 bits per heavy atom. The third kappa shape index (κ3) is 8.63. The van der Waals surface area contributed by atoms with E-state index in [4.69, 9.17) is 11.6 Å². The summed E-state index contributed by atoms with van der Waals surface area (Å²) >= 11 is 6.19. The summed E-state index contributed by atoms with van der Waals surface area (Å²) in [5, 5.41) is 3.93. The van der Waals surface area contributed by atoms with Crippen LogP contribution in [0.3, 0.4) is 0 Å². The van der Waals surface area contributed by atoms with Gasteiger partial charge in [0.25, 0.3) is 5.91 Å². The molecule has 3 nitrogen and oxygen atoms in total. The van der Waals surface area contributed by atoms with E-state index in [0.717, 1.165) is 56.4 Å². The molecule has 6 heteroatoms. The van der Waals surface area contributed by atoms with Gasteiger partial charge in [0.15, 0.2) is 0 Å². The van der Waals surface area contributed by atoms with Crippen LogP contribution in [0.15, 0.2) is 82.3 Å². The number of carbonyl (C=O) groups excluding carboxylic acids is 1. The van der Waals surface area contributed by atoms with Crippen molar-refractivity contribution in [1.29, 1.82) is 0 Å². The van der Waals surface area contributed by atoms with Crippen LogP contribution in [-0.2, 0) is 0 Å². The zero-order valence-electron chi connectivity index (χ0n) is 24.2. The Kier molecular flexibility index (Phi) is 13.1. The topological polar surface area (TPSA) is 32.3 Å². The molecule has 1 aliphatic carbocycles. The van der Waals surface area contributed by atoms with Crippen LogP contribution in [-0.4, -0.2) is 29.9 Å². The fourth-order valence-electron chi connectivity index (χ4n) is 5.04. The number of carbonyl (C=O) groups is 1. The first-order chi connectivity index (χ1) is 18.6. The van der Waals surface area contributed by atoms with Gasteiger partial charge in [0.05, 0.1) is 5.70 Å². The Labute approximate surface area is 238 Å². The minimum atomic E-state index is -0.862. The van der Waals surface area contributed by atoms with Gasteiger partial charge in [-0.25, -0.2) is 8.78 Å². The van der Waals surface area contributed by atoms with Crippen LogP contribution in [0.4, 0.5) is 8.78 Å². The second-order valence-electron chi connectivity index (χ2n) is 10.1. The number of benzene rings is 1. The molecule has 0 radical (unpaired) electrons. The summed E-state index contributed by atoms with van der Waals surface area (Å²) in [4.78, 5) is 14.4. The monoisotopic (exact) mass is 556 g/mol. The molecule has 1 aromatic carbocycles. The van der Waals surface area contributed by atoms with Gasteiger partial charge in [0.1, 0.15) is 17.2 Å². The van der Waals surface area contributed by atoms with Crippen molar-refractivity contribution in [1.82, 2.24) is 10.2 Å². The van der Waals surface area contributed by atoms with Gasteiger partial charge in [0, 0.05) is 29.1 Å². The summed E-state index contributed by atoms with van der Waals surface area (Å²) in [6, 6.07) is 4.03. The van der Waals surface area contributed by atoms with E-state index in [2.05, 4.69) is 57.0 Å². The Balaban J connectivity index is 0.000000326. The highest BCUT2D eigenvalue weighted by Gasteiger charge is 2.44. The third-order valence-corrected chi connectivity index (χ3v) is 7.50. The van der Waals surface area contributed by atoms with Gasteiger partial charge in [-0.2, -0.15) is 0 Å². The van der Waals surface area contributed by atoms with Crippen molar-refractivity contribution in [3.63, 3.8) is 0 Å². The predicted octanol–water partition coefficient (Wildman–Crippen LogP) is 9.01. The quantitative estimate of drug-likeness (QED) is 0.230. The molecule has 2 aliphatic rings. The molecule has 1 atom stereocenters. The molecule has 212 valence electrons. The highest BCUT2D eigenvalue weighted by atomic mass is 35.5. The number of nitrogens with one attached hydrogen (secondary N) is 1. The standard InChI is InChI=1S/C20H18ClF2NO.C13H25N/c1-3-20(4-2)12-24(17-10-5-7-13(21)11-14(17)20)19(25)18-15(22)8-6-9-16(18)23;1-5-7-8-9-10-12(3)11-13(4)14-6-2/h6-11H,3-4,12H2,1-2H3;7-8,10,13-14H,5-6,9,11H2,1-4H3/b;8-7-,12-10+. The maximum absolute atomic E-state index is 14.1. The predicted molar refractivity (Wildman–Crippen MR) is 160 cm³/mol. The Bertz CT molecular complexity index is 1160. The van der Waals surface area contributed by atoms with Crippen molar-refractivity contribution in [3.05, 3.63) is 99.5 Å². The van der Waals surface area contributed by atoms with Crippen LogP contribution in [0, 0.1) is 17.0 Å². The maximum atomic E-state index is 14.1. The SMILES string of the molecule is CC/C=C\C/C=C(\C)CC(C)NCC.CCC1(CC)CN(C(=O)c2c(F)cccc2F)C2=C1C=C(Cl)C=C=C2. The number of hydrogen-bond donors (Lipinski definition) is 1. The van der Waals surface area contributed by atoms with Gasteiger partial charge in [-0.1, -0.05) is 69.2 Å². The van der Waals surface area contributed by atoms with Gasteiger partial charge >= 0.3 is 0 Å². The summed E-state index contributed by atoms with van der Waals surface area (Å²) in [7, 11) is 0. The highest BCUT2D eigenvalue weighted by molar-refractivity contribution is 6.31. The van der Waals surface area contributed by atoms with Crippen LogP contribution in [0.2, 0.25) is 0 Å². The van der Waals surface area contributed by atoms with Gasteiger partial charge in [-0.3, -0.25) is 4.79 Å². The van der Waals surface area contributed by atoms with Crippen LogP contribution in [0.5, 0.6) is 0 Å². The molecule has 1 aliphatic heterocycles. The molecule has 1 amide bonds. The van der Waals surface area contributed by atoms with E-state index in [-0.39, 0.29) is 5.41 Å². The summed E-state index contributed by atoms with van der Waals surface area (Å²) in [5.74, 6) is -2.41. The molecule has 0 spiro atoms. The summed E-state index contributed by atoms with van der Waals surface area (Å²) in [5.41, 5.74) is 5.09. The van der Waals surface area contributed by atoms with Crippen molar-refractivity contribution in [2.45, 2.75) is 79.7 Å². The van der Waals surface area contributed by atoms with Gasteiger partial charge < -0.3 is 10.2 Å². The summed E-state index contributed by atoms with van der Waals surface area (Å²) < 4.78 is 28.2. The maximum Gasteiger partial charge on any atom is 0.264 e. The normalized spacial score (nSPS) is 17.1. The minimum Gasteiger partial charge on any atom is -0.314 e. The number of nitrogens with zero attached hydrogens (tertiary/aromatic N) is 1. The number of hydrogen-bond acceptors (Lipinski definition) is 2. The first-order valence-corrected chi connectivity index (χ1v) is 14.4. The molecular weight excluding hydrogens is 514 g/mol. The lowest BCUT2D eigenvalue weighted by Gasteiger charge is -2.29. The molecule has 0 saturated heterocycles. The molecule has 0 bridgehead atoms. The lowest BCUT2D eigenvalue weighted by Crippen LogP contribution is -2.34. The van der Waals surface area contributed by atoms with Crippen molar-refractivity contribution >= 4 is 17.5 Å². The molecule has 39 heavy (non-hydrogen) atoms. The fourth-order valence-corrected chi connectivity index (χ4v) is 5.22. The average Bonchev–Trinajstić information content (AvgIpc) is 3.06. The molecule has 0 saturated carbocycles. The summed E-state index contributed by atoms with van der Waals surface area (Å²) in [6.07, 6.45) is 16.8. The molecule has 0 fully saturated rings. The molecule has 1 N–H and O–H groups in total. The molecule has 1 heterocycles. The number of rotatable bonds is 10. The molecule has 1 unspecified atom stereocenters.